The lowest BCUT2D eigenvalue weighted by molar-refractivity contribution is 0.259. The Balaban J connectivity index is 1.82. The van der Waals surface area contributed by atoms with E-state index in [1.807, 2.05) is 38.4 Å². The third kappa shape index (κ3) is 5.56. The minimum Gasteiger partial charge on any atom is -0.492 e. The Morgan fingerprint density at radius 3 is 2.82 bits per heavy atom. The van der Waals surface area contributed by atoms with E-state index in [0.717, 1.165) is 30.3 Å². The van der Waals surface area contributed by atoms with Crippen LogP contribution >= 0.6 is 0 Å². The molecule has 0 radical (unpaired) electrons. The largest absolute Gasteiger partial charge is 0.492 e. The Kier molecular flexibility index (Phi) is 6.52. The van der Waals surface area contributed by atoms with Gasteiger partial charge >= 0.3 is 0 Å². The van der Waals surface area contributed by atoms with Gasteiger partial charge in [-0.2, -0.15) is 0 Å². The lowest BCUT2D eigenvalue weighted by atomic mass is 9.85. The van der Waals surface area contributed by atoms with Gasteiger partial charge in [-0.1, -0.05) is 24.6 Å². The molecule has 1 saturated carbocycles. The van der Waals surface area contributed by atoms with Crippen LogP contribution in [-0.2, 0) is 6.54 Å². The number of aliphatic imine (C=N–C) groups is 1. The van der Waals surface area contributed by atoms with E-state index in [4.69, 9.17) is 10.5 Å². The molecule has 1 fully saturated rings. The second kappa shape index (κ2) is 8.63. The molecule has 0 unspecified atom stereocenters. The van der Waals surface area contributed by atoms with Crippen molar-refractivity contribution < 1.29 is 4.74 Å². The van der Waals surface area contributed by atoms with Gasteiger partial charge in [0, 0.05) is 18.7 Å². The molecule has 1 aromatic carbocycles. The fourth-order valence-electron chi connectivity index (χ4n) is 2.29. The van der Waals surface area contributed by atoms with E-state index in [0.29, 0.717) is 19.1 Å². The first kappa shape index (κ1) is 16.6. The van der Waals surface area contributed by atoms with E-state index in [-0.39, 0.29) is 0 Å². The first-order chi connectivity index (χ1) is 10.6. The Bertz CT molecular complexity index is 483. The highest BCUT2D eigenvalue weighted by Crippen LogP contribution is 2.25. The molecule has 0 aromatic heterocycles. The number of ether oxygens (including phenoxy) is 1. The highest BCUT2D eigenvalue weighted by atomic mass is 16.5. The summed E-state index contributed by atoms with van der Waals surface area (Å²) in [4.78, 5) is 6.52. The quantitative estimate of drug-likeness (QED) is 0.568. The van der Waals surface area contributed by atoms with Crippen molar-refractivity contribution in [1.29, 1.82) is 0 Å². The molecular weight excluding hydrogens is 276 g/mol. The summed E-state index contributed by atoms with van der Waals surface area (Å²) in [6.07, 6.45) is 3.96. The van der Waals surface area contributed by atoms with Crippen LogP contribution in [0, 0.1) is 5.92 Å². The van der Waals surface area contributed by atoms with Gasteiger partial charge in [0.05, 0.1) is 6.54 Å². The van der Waals surface area contributed by atoms with Crippen molar-refractivity contribution in [2.45, 2.75) is 25.8 Å². The standard InChI is InChI=1S/C17H28N4O/c1-21(2)10-11-22-16-9-4-3-8-15(16)13-20-17(18)19-12-14-6-5-7-14/h3-4,8-9,14H,5-7,10-13H2,1-2H3,(H3,18,19,20). The second-order valence-electron chi connectivity index (χ2n) is 6.14. The number of likely N-dealkylation sites (N-methyl/N-ethyl adjacent to an activating group) is 1. The van der Waals surface area contributed by atoms with E-state index in [1.165, 1.54) is 19.3 Å². The molecule has 0 heterocycles. The monoisotopic (exact) mass is 304 g/mol. The molecule has 22 heavy (non-hydrogen) atoms. The van der Waals surface area contributed by atoms with Crippen molar-refractivity contribution in [2.24, 2.45) is 16.6 Å². The van der Waals surface area contributed by atoms with Crippen LogP contribution in [0.4, 0.5) is 0 Å². The molecule has 0 bridgehead atoms. The van der Waals surface area contributed by atoms with Gasteiger partial charge in [-0.15, -0.1) is 0 Å². The summed E-state index contributed by atoms with van der Waals surface area (Å²) in [6.45, 7) is 3.05. The van der Waals surface area contributed by atoms with Crippen LogP contribution in [0.2, 0.25) is 0 Å². The van der Waals surface area contributed by atoms with Crippen LogP contribution in [-0.4, -0.2) is 44.7 Å². The lowest BCUT2D eigenvalue weighted by Crippen LogP contribution is -2.37. The molecule has 5 nitrogen and oxygen atoms in total. The van der Waals surface area contributed by atoms with Crippen LogP contribution in [0.1, 0.15) is 24.8 Å². The summed E-state index contributed by atoms with van der Waals surface area (Å²) in [7, 11) is 4.07. The normalized spacial score (nSPS) is 15.7. The van der Waals surface area contributed by atoms with Crippen LogP contribution in [0.15, 0.2) is 29.3 Å². The summed E-state index contributed by atoms with van der Waals surface area (Å²) in [5.74, 6) is 2.19. The number of nitrogens with two attached hydrogens (primary N) is 1. The minimum absolute atomic E-state index is 0.523. The number of nitrogens with one attached hydrogen (secondary N) is 1. The second-order valence-corrected chi connectivity index (χ2v) is 6.14. The summed E-state index contributed by atoms with van der Waals surface area (Å²) >= 11 is 0. The topological polar surface area (TPSA) is 62.9 Å². The van der Waals surface area contributed by atoms with Gasteiger partial charge in [-0.25, -0.2) is 4.99 Å². The SMILES string of the molecule is CN(C)CCOc1ccccc1CN=C(N)NCC1CCC1. The van der Waals surface area contributed by atoms with Crippen LogP contribution in [0.3, 0.4) is 0 Å². The van der Waals surface area contributed by atoms with Crippen LogP contribution in [0.5, 0.6) is 5.75 Å². The van der Waals surface area contributed by atoms with Gasteiger partial charge in [-0.05, 0) is 38.9 Å². The number of rotatable bonds is 8. The predicted octanol–water partition coefficient (Wildman–Crippen LogP) is 1.83. The molecule has 0 aliphatic heterocycles. The molecule has 1 aliphatic rings. The summed E-state index contributed by atoms with van der Waals surface area (Å²) in [5.41, 5.74) is 6.99. The van der Waals surface area contributed by atoms with Gasteiger partial charge in [-0.3, -0.25) is 0 Å². The fraction of sp³-hybridized carbons (Fsp3) is 0.588. The Labute approximate surface area is 133 Å². The van der Waals surface area contributed by atoms with Gasteiger partial charge < -0.3 is 20.7 Å². The molecule has 122 valence electrons. The van der Waals surface area contributed by atoms with Crippen molar-refractivity contribution in [3.63, 3.8) is 0 Å². The van der Waals surface area contributed by atoms with Gasteiger partial charge in [0.25, 0.3) is 0 Å². The summed E-state index contributed by atoms with van der Waals surface area (Å²) in [6, 6.07) is 8.00. The molecule has 3 N–H and O–H groups in total. The number of nitrogens with zero attached hydrogens (tertiary/aromatic N) is 2. The van der Waals surface area contributed by atoms with E-state index < -0.39 is 0 Å². The number of hydrogen-bond acceptors (Lipinski definition) is 3. The van der Waals surface area contributed by atoms with E-state index in [1.54, 1.807) is 0 Å². The molecular formula is C17H28N4O. The lowest BCUT2D eigenvalue weighted by Gasteiger charge is -2.25. The van der Waals surface area contributed by atoms with Crippen LogP contribution < -0.4 is 15.8 Å². The Hall–Kier alpha value is -1.75. The van der Waals surface area contributed by atoms with Gasteiger partial charge in [0.15, 0.2) is 5.96 Å². The third-order valence-electron chi connectivity index (χ3n) is 3.99. The number of guanidine groups is 1. The first-order valence-electron chi connectivity index (χ1n) is 8.04. The Morgan fingerprint density at radius 1 is 1.36 bits per heavy atom. The maximum atomic E-state index is 5.93. The zero-order valence-electron chi connectivity index (χ0n) is 13.7. The molecule has 0 atom stereocenters. The smallest absolute Gasteiger partial charge is 0.188 e. The van der Waals surface area contributed by atoms with Crippen molar-refractivity contribution in [3.05, 3.63) is 29.8 Å². The third-order valence-corrected chi connectivity index (χ3v) is 3.99. The molecule has 2 rings (SSSR count). The maximum absolute atomic E-state index is 5.93. The highest BCUT2D eigenvalue weighted by Gasteiger charge is 2.16. The average molecular weight is 304 g/mol. The fourth-order valence-corrected chi connectivity index (χ4v) is 2.29. The number of benzene rings is 1. The maximum Gasteiger partial charge on any atom is 0.188 e. The van der Waals surface area contributed by atoms with Crippen molar-refractivity contribution >= 4 is 5.96 Å². The van der Waals surface area contributed by atoms with E-state index in [9.17, 15) is 0 Å². The van der Waals surface area contributed by atoms with Gasteiger partial charge in [0.1, 0.15) is 12.4 Å². The highest BCUT2D eigenvalue weighted by molar-refractivity contribution is 5.77. The zero-order chi connectivity index (χ0) is 15.8. The van der Waals surface area contributed by atoms with Crippen molar-refractivity contribution in [1.82, 2.24) is 10.2 Å². The van der Waals surface area contributed by atoms with Gasteiger partial charge in [0.2, 0.25) is 0 Å². The van der Waals surface area contributed by atoms with E-state index >= 15 is 0 Å². The van der Waals surface area contributed by atoms with Crippen LogP contribution in [0.25, 0.3) is 0 Å². The molecule has 0 spiro atoms. The van der Waals surface area contributed by atoms with E-state index in [2.05, 4.69) is 15.2 Å². The molecule has 1 aromatic rings. The summed E-state index contributed by atoms with van der Waals surface area (Å²) < 4.78 is 5.83. The van der Waals surface area contributed by atoms with Crippen molar-refractivity contribution in [3.8, 4) is 5.75 Å². The minimum atomic E-state index is 0.523. The molecule has 5 heteroatoms. The predicted molar refractivity (Wildman–Crippen MR) is 91.2 cm³/mol. The number of para-hydroxylation sites is 1. The number of hydrogen-bond donors (Lipinski definition) is 2. The molecule has 1 aliphatic carbocycles. The molecule has 0 saturated heterocycles. The molecule has 0 amide bonds. The Morgan fingerprint density at radius 2 is 2.14 bits per heavy atom. The first-order valence-corrected chi connectivity index (χ1v) is 8.04. The zero-order valence-corrected chi connectivity index (χ0v) is 13.7. The van der Waals surface area contributed by atoms with Crippen molar-refractivity contribution in [2.75, 3.05) is 33.8 Å². The summed E-state index contributed by atoms with van der Waals surface area (Å²) in [5, 5.41) is 3.21. The average Bonchev–Trinajstić information content (AvgIpc) is 2.44.